The van der Waals surface area contributed by atoms with Gasteiger partial charge in [-0.2, -0.15) is 0 Å². The average molecular weight is 281 g/mol. The molecule has 1 aromatic rings. The maximum Gasteiger partial charge on any atom is 0.337 e. The Hall–Kier alpha value is -2.08. The van der Waals surface area contributed by atoms with Gasteiger partial charge in [-0.25, -0.2) is 4.79 Å². The van der Waals surface area contributed by atoms with Crippen molar-refractivity contribution < 1.29 is 23.8 Å². The molecular weight excluding hydrogens is 262 g/mol. The van der Waals surface area contributed by atoms with Crippen molar-refractivity contribution in [2.24, 2.45) is 5.73 Å². The summed E-state index contributed by atoms with van der Waals surface area (Å²) < 4.78 is 15.1. The van der Waals surface area contributed by atoms with Gasteiger partial charge in [0.15, 0.2) is 0 Å². The van der Waals surface area contributed by atoms with Crippen LogP contribution in [0.4, 0.5) is 0 Å². The van der Waals surface area contributed by atoms with E-state index in [2.05, 4.69) is 4.74 Å². The van der Waals surface area contributed by atoms with Gasteiger partial charge < -0.3 is 19.9 Å². The molecule has 20 heavy (non-hydrogen) atoms. The number of nitrogens with two attached hydrogens (primary N) is 1. The van der Waals surface area contributed by atoms with Gasteiger partial charge in [0.05, 0.1) is 24.8 Å². The smallest absolute Gasteiger partial charge is 0.337 e. The molecule has 0 saturated heterocycles. The van der Waals surface area contributed by atoms with Crippen LogP contribution in [0.25, 0.3) is 0 Å². The zero-order valence-electron chi connectivity index (χ0n) is 11.7. The summed E-state index contributed by atoms with van der Waals surface area (Å²) in [5, 5.41) is 0. The molecule has 6 nitrogen and oxygen atoms in total. The van der Waals surface area contributed by atoms with Gasteiger partial charge in [0.1, 0.15) is 5.75 Å². The van der Waals surface area contributed by atoms with E-state index < -0.39 is 11.9 Å². The van der Waals surface area contributed by atoms with Crippen molar-refractivity contribution in [1.29, 1.82) is 0 Å². The second kappa shape index (κ2) is 8.16. The first kappa shape index (κ1) is 16.0. The molecule has 0 saturated carbocycles. The fourth-order valence-electron chi connectivity index (χ4n) is 1.62. The number of rotatable bonds is 8. The highest BCUT2D eigenvalue weighted by molar-refractivity contribution is 5.98. The van der Waals surface area contributed by atoms with Gasteiger partial charge in [-0.1, -0.05) is 0 Å². The van der Waals surface area contributed by atoms with E-state index in [9.17, 15) is 9.59 Å². The molecule has 1 amide bonds. The van der Waals surface area contributed by atoms with E-state index in [0.717, 1.165) is 12.8 Å². The minimum atomic E-state index is -0.603. The van der Waals surface area contributed by atoms with Crippen molar-refractivity contribution in [2.75, 3.05) is 27.4 Å². The third kappa shape index (κ3) is 4.55. The van der Waals surface area contributed by atoms with Gasteiger partial charge in [-0.3, -0.25) is 4.79 Å². The van der Waals surface area contributed by atoms with Gasteiger partial charge >= 0.3 is 5.97 Å². The summed E-state index contributed by atoms with van der Waals surface area (Å²) in [6, 6.07) is 4.39. The Morgan fingerprint density at radius 3 is 2.45 bits per heavy atom. The predicted molar refractivity (Wildman–Crippen MR) is 72.9 cm³/mol. The van der Waals surface area contributed by atoms with Gasteiger partial charge in [0.2, 0.25) is 0 Å². The number of unbranched alkanes of at least 4 members (excludes halogenated alkanes) is 1. The summed E-state index contributed by atoms with van der Waals surface area (Å²) in [6.45, 7) is 1.06. The van der Waals surface area contributed by atoms with Crippen LogP contribution in [0.2, 0.25) is 0 Å². The molecule has 0 bridgehead atoms. The lowest BCUT2D eigenvalue weighted by Crippen LogP contribution is -2.14. The third-order valence-corrected chi connectivity index (χ3v) is 2.67. The number of amides is 1. The number of benzene rings is 1. The highest BCUT2D eigenvalue weighted by Gasteiger charge is 2.14. The highest BCUT2D eigenvalue weighted by Crippen LogP contribution is 2.21. The first-order valence-electron chi connectivity index (χ1n) is 6.24. The summed E-state index contributed by atoms with van der Waals surface area (Å²) in [5.41, 5.74) is 5.82. The highest BCUT2D eigenvalue weighted by atomic mass is 16.5. The first-order chi connectivity index (χ1) is 9.60. The third-order valence-electron chi connectivity index (χ3n) is 2.67. The molecule has 1 aromatic carbocycles. The van der Waals surface area contributed by atoms with Crippen LogP contribution in [0, 0.1) is 0 Å². The van der Waals surface area contributed by atoms with Gasteiger partial charge in [0.25, 0.3) is 5.91 Å². The number of primary amides is 1. The van der Waals surface area contributed by atoms with E-state index in [1.54, 1.807) is 7.11 Å². The number of ether oxygens (including phenoxy) is 3. The van der Waals surface area contributed by atoms with Crippen LogP contribution >= 0.6 is 0 Å². The summed E-state index contributed by atoms with van der Waals surface area (Å²) in [6.07, 6.45) is 1.62. The summed E-state index contributed by atoms with van der Waals surface area (Å²) in [4.78, 5) is 22.8. The molecule has 2 N–H and O–H groups in total. The zero-order valence-corrected chi connectivity index (χ0v) is 11.7. The van der Waals surface area contributed by atoms with E-state index in [1.165, 1.54) is 25.3 Å². The minimum absolute atomic E-state index is 0.240. The lowest BCUT2D eigenvalue weighted by Gasteiger charge is -2.11. The molecule has 0 radical (unpaired) electrons. The Labute approximate surface area is 117 Å². The Kier molecular flexibility index (Phi) is 6.52. The van der Waals surface area contributed by atoms with E-state index in [1.807, 2.05) is 0 Å². The standard InChI is InChI=1S/C14H19NO5/c1-18-7-3-4-8-20-12-9-10(14(17)19-2)5-6-11(12)13(15)16/h5-6,9H,3-4,7-8H2,1-2H3,(H2,15,16). The van der Waals surface area contributed by atoms with Crippen LogP contribution in [0.5, 0.6) is 5.75 Å². The molecule has 0 atom stereocenters. The minimum Gasteiger partial charge on any atom is -0.493 e. The molecule has 1 rings (SSSR count). The van der Waals surface area contributed by atoms with Crippen LogP contribution in [-0.2, 0) is 9.47 Å². The monoisotopic (exact) mass is 281 g/mol. The quantitative estimate of drug-likeness (QED) is 0.574. The Morgan fingerprint density at radius 2 is 1.85 bits per heavy atom. The maximum absolute atomic E-state index is 11.5. The van der Waals surface area contributed by atoms with Crippen molar-refractivity contribution in [3.8, 4) is 5.75 Å². The lowest BCUT2D eigenvalue weighted by molar-refractivity contribution is 0.0599. The van der Waals surface area contributed by atoms with E-state index in [0.29, 0.717) is 18.8 Å². The maximum atomic E-state index is 11.5. The van der Waals surface area contributed by atoms with E-state index in [4.69, 9.17) is 15.2 Å². The van der Waals surface area contributed by atoms with Gasteiger partial charge in [-0.05, 0) is 31.0 Å². The molecule has 0 aliphatic carbocycles. The summed E-state index contributed by atoms with van der Waals surface area (Å²) in [7, 11) is 2.92. The first-order valence-corrected chi connectivity index (χ1v) is 6.24. The fraction of sp³-hybridized carbons (Fsp3) is 0.429. The fourth-order valence-corrected chi connectivity index (χ4v) is 1.62. The average Bonchev–Trinajstić information content (AvgIpc) is 2.45. The number of hydrogen-bond acceptors (Lipinski definition) is 5. The van der Waals surface area contributed by atoms with Gasteiger partial charge in [0, 0.05) is 13.7 Å². The van der Waals surface area contributed by atoms with Crippen LogP contribution in [0.3, 0.4) is 0 Å². The van der Waals surface area contributed by atoms with Gasteiger partial charge in [-0.15, -0.1) is 0 Å². The van der Waals surface area contributed by atoms with E-state index >= 15 is 0 Å². The Balaban J connectivity index is 2.78. The van der Waals surface area contributed by atoms with Crippen LogP contribution in [0.1, 0.15) is 33.6 Å². The molecule has 0 heterocycles. The SMILES string of the molecule is COCCCCOc1cc(C(=O)OC)ccc1C(N)=O. The molecule has 0 aromatic heterocycles. The Bertz CT molecular complexity index is 473. The van der Waals surface area contributed by atoms with E-state index in [-0.39, 0.29) is 11.3 Å². The second-order valence-corrected chi connectivity index (χ2v) is 4.12. The molecule has 110 valence electrons. The largest absolute Gasteiger partial charge is 0.493 e. The van der Waals surface area contributed by atoms with Crippen LogP contribution in [0.15, 0.2) is 18.2 Å². The summed E-state index contributed by atoms with van der Waals surface area (Å²) >= 11 is 0. The van der Waals surface area contributed by atoms with Crippen molar-refractivity contribution in [3.05, 3.63) is 29.3 Å². The number of esters is 1. The number of carbonyl (C=O) groups excluding carboxylic acids is 2. The molecule has 0 unspecified atom stereocenters. The molecule has 0 spiro atoms. The predicted octanol–water partition coefficient (Wildman–Crippen LogP) is 1.38. The number of methoxy groups -OCH3 is 2. The van der Waals surface area contributed by atoms with Crippen LogP contribution < -0.4 is 10.5 Å². The topological polar surface area (TPSA) is 87.8 Å². The number of hydrogen-bond donors (Lipinski definition) is 1. The molecular formula is C14H19NO5. The molecule has 0 aliphatic rings. The van der Waals surface area contributed by atoms with Crippen LogP contribution in [-0.4, -0.2) is 39.3 Å². The molecule has 6 heteroatoms. The molecule has 0 aliphatic heterocycles. The second-order valence-electron chi connectivity index (χ2n) is 4.12. The van der Waals surface area contributed by atoms with Crippen molar-refractivity contribution >= 4 is 11.9 Å². The molecule has 0 fully saturated rings. The summed E-state index contributed by atoms with van der Waals surface area (Å²) in [5.74, 6) is -0.809. The lowest BCUT2D eigenvalue weighted by atomic mass is 10.1. The van der Waals surface area contributed by atoms with Crippen molar-refractivity contribution in [2.45, 2.75) is 12.8 Å². The van der Waals surface area contributed by atoms with Crippen molar-refractivity contribution in [1.82, 2.24) is 0 Å². The Morgan fingerprint density at radius 1 is 1.15 bits per heavy atom. The van der Waals surface area contributed by atoms with Crippen molar-refractivity contribution in [3.63, 3.8) is 0 Å². The normalized spacial score (nSPS) is 10.1. The zero-order chi connectivity index (χ0) is 15.0. The number of carbonyl (C=O) groups is 2.